The number of nitro benzene ring substituents is 1. The second-order valence-electron chi connectivity index (χ2n) is 11.5. The van der Waals surface area contributed by atoms with E-state index >= 15 is 0 Å². The van der Waals surface area contributed by atoms with Crippen LogP contribution in [-0.2, 0) is 25.7 Å². The maximum absolute atomic E-state index is 14.5. The smallest absolute Gasteiger partial charge is 0.408 e. The molecule has 3 rings (SSSR count). The lowest BCUT2D eigenvalue weighted by Crippen LogP contribution is -2.59. The predicted molar refractivity (Wildman–Crippen MR) is 196 cm³/mol. The molecule has 50 heavy (non-hydrogen) atoms. The van der Waals surface area contributed by atoms with E-state index < -0.39 is 52.8 Å². The predicted octanol–water partition coefficient (Wildman–Crippen LogP) is 4.02. The number of nitrogens with zero attached hydrogens (tertiary/aromatic N) is 3. The summed E-state index contributed by atoms with van der Waals surface area (Å²) < 4.78 is 5.22. The molecule has 0 unspecified atom stereocenters. The van der Waals surface area contributed by atoms with Crippen molar-refractivity contribution in [2.45, 2.75) is 58.3 Å². The topological polar surface area (TPSA) is 224 Å². The fourth-order valence-corrected chi connectivity index (χ4v) is 4.76. The first-order valence-corrected chi connectivity index (χ1v) is 15.6. The van der Waals surface area contributed by atoms with Crippen LogP contribution >= 0.6 is 17.0 Å². The first-order valence-electron chi connectivity index (χ1n) is 15.6. The van der Waals surface area contributed by atoms with Crippen molar-refractivity contribution in [1.29, 1.82) is 0 Å². The molecule has 7 N–H and O–H groups in total. The van der Waals surface area contributed by atoms with Crippen molar-refractivity contribution < 1.29 is 28.8 Å². The van der Waals surface area contributed by atoms with Crippen LogP contribution in [0.3, 0.4) is 0 Å². The quantitative estimate of drug-likeness (QED) is 0.0467. The number of halogens is 1. The number of nitro groups is 1. The first kappa shape index (κ1) is 40.7. The number of carbonyl (C=O) groups excluding carboxylic acids is 4. The van der Waals surface area contributed by atoms with Gasteiger partial charge in [0.2, 0.25) is 11.8 Å². The zero-order chi connectivity index (χ0) is 35.9. The van der Waals surface area contributed by atoms with E-state index in [-0.39, 0.29) is 53.9 Å². The molecule has 0 aliphatic carbocycles. The molecule has 0 aliphatic heterocycles. The standard InChI is InChI=1S/C34H42N8O7.BrH/c1-22(2)29(40-30(43)23(3)38-34(46)49-21-24-11-6-4-7-12-24)32(45)41(26-13-8-5-9-14-26)28(15-10-20-37-33(35)36)31(44)39-25-16-18-27(19-17-25)42(47)48;/h4-9,11-14,16-19,22-23,28-29H,10,15,20-21H2,1-3H3,(H,38,46)(H,39,44)(H,40,43)(H4,35,36,37);1H/t23-,28-,29-;/m0./s1. The molecule has 0 heterocycles. The Hall–Kier alpha value is -5.51. The normalized spacial score (nSPS) is 12.2. The third-order valence-electron chi connectivity index (χ3n) is 7.33. The molecule has 0 fully saturated rings. The van der Waals surface area contributed by atoms with Crippen LogP contribution in [0.25, 0.3) is 0 Å². The van der Waals surface area contributed by atoms with E-state index in [2.05, 4.69) is 20.9 Å². The van der Waals surface area contributed by atoms with Gasteiger partial charge < -0.3 is 32.2 Å². The van der Waals surface area contributed by atoms with Gasteiger partial charge in [-0.15, -0.1) is 17.0 Å². The summed E-state index contributed by atoms with van der Waals surface area (Å²) in [4.78, 5) is 70.0. The van der Waals surface area contributed by atoms with Crippen molar-refractivity contribution >= 4 is 63.8 Å². The average molecular weight is 756 g/mol. The number of hydrogen-bond acceptors (Lipinski definition) is 8. The molecule has 0 bridgehead atoms. The minimum Gasteiger partial charge on any atom is -0.445 e. The molecule has 268 valence electrons. The Bertz CT molecular complexity index is 1600. The minimum absolute atomic E-state index is 0. The summed E-state index contributed by atoms with van der Waals surface area (Å²) in [5, 5.41) is 19.1. The van der Waals surface area contributed by atoms with Gasteiger partial charge in [0.05, 0.1) is 4.92 Å². The van der Waals surface area contributed by atoms with Crippen LogP contribution in [0, 0.1) is 16.0 Å². The second-order valence-corrected chi connectivity index (χ2v) is 11.5. The Balaban J connectivity index is 0.00000867. The van der Waals surface area contributed by atoms with Gasteiger partial charge in [0.25, 0.3) is 11.6 Å². The lowest BCUT2D eigenvalue weighted by atomic mass is 9.99. The molecule has 3 aromatic rings. The zero-order valence-electron chi connectivity index (χ0n) is 28.0. The molecule has 0 aromatic heterocycles. The molecule has 0 spiro atoms. The fourth-order valence-electron chi connectivity index (χ4n) is 4.76. The van der Waals surface area contributed by atoms with Gasteiger partial charge in [-0.05, 0) is 55.5 Å². The van der Waals surface area contributed by atoms with Crippen molar-refractivity contribution in [2.24, 2.45) is 22.4 Å². The molecule has 16 heteroatoms. The number of aliphatic imine (C=N–C) groups is 1. The molecule has 0 saturated carbocycles. The van der Waals surface area contributed by atoms with Crippen LogP contribution in [0.4, 0.5) is 21.9 Å². The molecule has 3 aromatic carbocycles. The highest BCUT2D eigenvalue weighted by atomic mass is 79.9. The molecule has 0 saturated heterocycles. The molecule has 15 nitrogen and oxygen atoms in total. The summed E-state index contributed by atoms with van der Waals surface area (Å²) in [5.41, 5.74) is 12.2. The Kier molecular flexibility index (Phi) is 16.4. The van der Waals surface area contributed by atoms with E-state index in [1.807, 2.05) is 18.2 Å². The number of benzene rings is 3. The van der Waals surface area contributed by atoms with Gasteiger partial charge in [0.1, 0.15) is 24.7 Å². The molecular weight excluding hydrogens is 712 g/mol. The van der Waals surface area contributed by atoms with Crippen LogP contribution in [-0.4, -0.2) is 59.4 Å². The minimum atomic E-state index is -1.12. The van der Waals surface area contributed by atoms with E-state index in [0.717, 1.165) is 5.56 Å². The summed E-state index contributed by atoms with van der Waals surface area (Å²) in [5.74, 6) is -2.38. The maximum atomic E-state index is 14.5. The number of nitrogens with one attached hydrogen (secondary N) is 3. The summed E-state index contributed by atoms with van der Waals surface area (Å²) in [6.45, 7) is 5.12. The number of rotatable bonds is 16. The van der Waals surface area contributed by atoms with E-state index in [1.54, 1.807) is 56.3 Å². The second kappa shape index (κ2) is 20.1. The Morgan fingerprint density at radius 3 is 2.04 bits per heavy atom. The van der Waals surface area contributed by atoms with Crippen LogP contribution < -0.4 is 32.3 Å². The van der Waals surface area contributed by atoms with E-state index in [9.17, 15) is 29.3 Å². The summed E-state index contributed by atoms with van der Waals surface area (Å²) in [6.07, 6.45) is -0.397. The number of ether oxygens (including phenoxy) is 1. The number of non-ortho nitro benzene ring substituents is 1. The molecule has 0 radical (unpaired) electrons. The third kappa shape index (κ3) is 12.5. The number of anilines is 2. The number of alkyl carbamates (subject to hydrolysis) is 1. The van der Waals surface area contributed by atoms with Crippen LogP contribution in [0.5, 0.6) is 0 Å². The van der Waals surface area contributed by atoms with Gasteiger partial charge in [0.15, 0.2) is 5.96 Å². The van der Waals surface area contributed by atoms with Gasteiger partial charge in [-0.2, -0.15) is 0 Å². The fraction of sp³-hybridized carbons (Fsp3) is 0.324. The Labute approximate surface area is 300 Å². The van der Waals surface area contributed by atoms with Crippen LogP contribution in [0.2, 0.25) is 0 Å². The number of amides is 4. The van der Waals surface area contributed by atoms with Gasteiger partial charge in [-0.25, -0.2) is 4.79 Å². The van der Waals surface area contributed by atoms with Gasteiger partial charge in [-0.1, -0.05) is 62.4 Å². The maximum Gasteiger partial charge on any atom is 0.408 e. The van der Waals surface area contributed by atoms with Crippen molar-refractivity contribution in [2.75, 3.05) is 16.8 Å². The van der Waals surface area contributed by atoms with Crippen molar-refractivity contribution in [3.8, 4) is 0 Å². The molecule has 4 amide bonds. The van der Waals surface area contributed by atoms with Crippen LogP contribution in [0.15, 0.2) is 89.9 Å². The monoisotopic (exact) mass is 754 g/mol. The van der Waals surface area contributed by atoms with E-state index in [1.165, 1.54) is 36.1 Å². The lowest BCUT2D eigenvalue weighted by molar-refractivity contribution is -0.384. The van der Waals surface area contributed by atoms with Crippen LogP contribution in [0.1, 0.15) is 39.2 Å². The molecular formula is C34H43BrN8O7. The van der Waals surface area contributed by atoms with Gasteiger partial charge in [0, 0.05) is 30.1 Å². The highest BCUT2D eigenvalue weighted by molar-refractivity contribution is 8.93. The van der Waals surface area contributed by atoms with Crippen molar-refractivity contribution in [3.05, 3.63) is 101 Å². The van der Waals surface area contributed by atoms with E-state index in [4.69, 9.17) is 16.2 Å². The highest BCUT2D eigenvalue weighted by Gasteiger charge is 2.37. The number of hydrogen-bond donors (Lipinski definition) is 5. The van der Waals surface area contributed by atoms with Gasteiger partial charge in [-0.3, -0.25) is 34.4 Å². The highest BCUT2D eigenvalue weighted by Crippen LogP contribution is 2.24. The number of guanidine groups is 1. The van der Waals surface area contributed by atoms with Gasteiger partial charge >= 0.3 is 6.09 Å². The summed E-state index contributed by atoms with van der Waals surface area (Å²) in [6, 6.07) is 19.5. The Morgan fingerprint density at radius 2 is 1.48 bits per heavy atom. The first-order chi connectivity index (χ1) is 23.4. The summed E-state index contributed by atoms with van der Waals surface area (Å²) in [7, 11) is 0. The Morgan fingerprint density at radius 1 is 0.880 bits per heavy atom. The lowest BCUT2D eigenvalue weighted by Gasteiger charge is -2.35. The number of carbonyl (C=O) groups is 4. The average Bonchev–Trinajstić information content (AvgIpc) is 3.08. The third-order valence-corrected chi connectivity index (χ3v) is 7.33. The molecule has 0 aliphatic rings. The number of nitrogens with two attached hydrogens (primary N) is 2. The molecule has 3 atom stereocenters. The van der Waals surface area contributed by atoms with Crippen molar-refractivity contribution in [3.63, 3.8) is 0 Å². The zero-order valence-corrected chi connectivity index (χ0v) is 29.7. The number of para-hydroxylation sites is 1. The van der Waals surface area contributed by atoms with E-state index in [0.29, 0.717) is 12.1 Å². The summed E-state index contributed by atoms with van der Waals surface area (Å²) >= 11 is 0. The SMILES string of the molecule is Br.CC(C)[C@H](NC(=O)[C@H](C)NC(=O)OCc1ccccc1)C(=O)N(c1ccccc1)[C@@H](CCCN=C(N)N)C(=O)Nc1ccc([N+](=O)[O-])cc1. The largest absolute Gasteiger partial charge is 0.445 e. The van der Waals surface area contributed by atoms with Crippen molar-refractivity contribution in [1.82, 2.24) is 10.6 Å².